The third-order valence-corrected chi connectivity index (χ3v) is 6.59. The molecule has 0 saturated heterocycles. The molecule has 1 fully saturated rings. The zero-order chi connectivity index (χ0) is 23.3. The average Bonchev–Trinajstić information content (AvgIpc) is 2.82. The lowest BCUT2D eigenvalue weighted by Crippen LogP contribution is -2.48. The van der Waals surface area contributed by atoms with Gasteiger partial charge in [0.05, 0.1) is 0 Å². The molecular weight excluding hydrogens is 402 g/mol. The molecule has 0 spiro atoms. The van der Waals surface area contributed by atoms with Gasteiger partial charge in [0.15, 0.2) is 0 Å². The lowest BCUT2D eigenvalue weighted by molar-refractivity contribution is -0.131. The van der Waals surface area contributed by atoms with Gasteiger partial charge in [-0.3, -0.25) is 19.9 Å². The van der Waals surface area contributed by atoms with Crippen LogP contribution < -0.4 is 16.4 Å². The molecule has 2 amide bonds. The van der Waals surface area contributed by atoms with E-state index in [1.807, 2.05) is 37.4 Å². The first-order valence-corrected chi connectivity index (χ1v) is 11.1. The van der Waals surface area contributed by atoms with Crippen LogP contribution in [0.2, 0.25) is 0 Å². The third-order valence-electron chi connectivity index (χ3n) is 6.59. The van der Waals surface area contributed by atoms with Crippen LogP contribution in [-0.4, -0.2) is 48.7 Å². The number of amides is 2. The summed E-state index contributed by atoms with van der Waals surface area (Å²) in [6.45, 7) is 2.82. The molecule has 0 aromatic heterocycles. The summed E-state index contributed by atoms with van der Waals surface area (Å²) >= 11 is 0. The van der Waals surface area contributed by atoms with Crippen molar-refractivity contribution in [2.75, 3.05) is 25.0 Å². The van der Waals surface area contributed by atoms with Gasteiger partial charge in [-0.25, -0.2) is 0 Å². The Morgan fingerprint density at radius 3 is 2.38 bits per heavy atom. The van der Waals surface area contributed by atoms with Crippen molar-refractivity contribution in [3.63, 3.8) is 0 Å². The zero-order valence-electron chi connectivity index (χ0n) is 18.8. The number of nitrogens with zero attached hydrogens (tertiary/aromatic N) is 2. The van der Waals surface area contributed by atoms with Crippen LogP contribution in [0.3, 0.4) is 0 Å². The summed E-state index contributed by atoms with van der Waals surface area (Å²) in [5, 5.41) is 7.66. The Kier molecular flexibility index (Phi) is 7.64. The number of likely N-dealkylation sites (N-methyl/N-ethyl adjacent to an activating group) is 1. The summed E-state index contributed by atoms with van der Waals surface area (Å²) in [5.74, 6) is 0.458. The van der Waals surface area contributed by atoms with E-state index in [2.05, 4.69) is 6.92 Å². The van der Waals surface area contributed by atoms with E-state index in [4.69, 9.17) is 16.9 Å². The fraction of sp³-hybridized carbons (Fsp3) is 0.400. The first-order valence-electron chi connectivity index (χ1n) is 11.1. The summed E-state index contributed by atoms with van der Waals surface area (Å²) < 4.78 is 0. The molecule has 1 aliphatic carbocycles. The number of benzene rings is 2. The van der Waals surface area contributed by atoms with E-state index < -0.39 is 0 Å². The minimum Gasteiger partial charge on any atom is -0.384 e. The monoisotopic (exact) mass is 435 g/mol. The van der Waals surface area contributed by atoms with Crippen LogP contribution in [0.1, 0.15) is 42.1 Å². The molecule has 7 heteroatoms. The number of amidine groups is 1. The topological polar surface area (TPSA) is 117 Å². The predicted molar refractivity (Wildman–Crippen MR) is 128 cm³/mol. The van der Waals surface area contributed by atoms with E-state index in [9.17, 15) is 9.59 Å². The number of carbonyl (C=O) groups excluding carboxylic acids is 2. The number of hydrogen-bond acceptors (Lipinski definition) is 4. The molecule has 2 aromatic rings. The van der Waals surface area contributed by atoms with Crippen molar-refractivity contribution in [1.29, 1.82) is 5.41 Å². The van der Waals surface area contributed by atoms with E-state index in [0.717, 1.165) is 19.3 Å². The Balaban J connectivity index is 1.81. The van der Waals surface area contributed by atoms with E-state index in [0.29, 0.717) is 35.2 Å². The van der Waals surface area contributed by atoms with E-state index in [1.165, 1.54) is 4.90 Å². The largest absolute Gasteiger partial charge is 0.384 e. The SMILES string of the molecule is CC1CC(N(C)C(=O)CN(C(=O)c2cccc(C(=N)N)c2)c2ccccc2)CCC1CN. The highest BCUT2D eigenvalue weighted by atomic mass is 16.2. The Morgan fingerprint density at radius 2 is 1.75 bits per heavy atom. The standard InChI is InChI=1S/C25H33N5O2/c1-17-13-22(12-11-20(17)15-26)29(2)23(31)16-30(21-9-4-3-5-10-21)25(32)19-8-6-7-18(14-19)24(27)28/h3-10,14,17,20,22H,11-13,15-16,26H2,1-2H3,(H3,27,28). The average molecular weight is 436 g/mol. The van der Waals surface area contributed by atoms with Crippen LogP contribution >= 0.6 is 0 Å². The fourth-order valence-electron chi connectivity index (χ4n) is 4.45. The third kappa shape index (κ3) is 5.34. The molecule has 0 aliphatic heterocycles. The van der Waals surface area contributed by atoms with Crippen molar-refractivity contribution in [2.45, 2.75) is 32.2 Å². The van der Waals surface area contributed by atoms with Crippen LogP contribution in [0, 0.1) is 17.2 Å². The van der Waals surface area contributed by atoms with Gasteiger partial charge in [0, 0.05) is 29.9 Å². The highest BCUT2D eigenvalue weighted by molar-refractivity contribution is 6.10. The van der Waals surface area contributed by atoms with Gasteiger partial charge in [-0.1, -0.05) is 37.3 Å². The summed E-state index contributed by atoms with van der Waals surface area (Å²) in [7, 11) is 1.83. The lowest BCUT2D eigenvalue weighted by Gasteiger charge is -2.39. The lowest BCUT2D eigenvalue weighted by atomic mass is 9.77. The predicted octanol–water partition coefficient (Wildman–Crippen LogP) is 2.84. The molecule has 0 radical (unpaired) electrons. The van der Waals surface area contributed by atoms with Crippen LogP contribution in [0.4, 0.5) is 5.69 Å². The minimum atomic E-state index is -0.304. The maximum absolute atomic E-state index is 13.4. The van der Waals surface area contributed by atoms with Crippen molar-refractivity contribution >= 4 is 23.3 Å². The smallest absolute Gasteiger partial charge is 0.258 e. The number of nitrogens with one attached hydrogen (secondary N) is 1. The van der Waals surface area contributed by atoms with Gasteiger partial charge < -0.3 is 16.4 Å². The number of anilines is 1. The second kappa shape index (κ2) is 10.4. The van der Waals surface area contributed by atoms with Gasteiger partial charge in [-0.05, 0) is 61.9 Å². The molecule has 1 aliphatic rings. The molecule has 0 heterocycles. The van der Waals surface area contributed by atoms with E-state index in [-0.39, 0.29) is 30.2 Å². The Hall–Kier alpha value is -3.19. The highest BCUT2D eigenvalue weighted by Crippen LogP contribution is 2.31. The maximum atomic E-state index is 13.4. The molecule has 32 heavy (non-hydrogen) atoms. The minimum absolute atomic E-state index is 0.0607. The first-order chi connectivity index (χ1) is 15.3. The number of nitrogens with two attached hydrogens (primary N) is 2. The van der Waals surface area contributed by atoms with Crippen LogP contribution in [-0.2, 0) is 4.79 Å². The summed E-state index contributed by atoms with van der Waals surface area (Å²) in [4.78, 5) is 29.9. The normalized spacial score (nSPS) is 20.4. The molecule has 3 atom stereocenters. The molecule has 7 nitrogen and oxygen atoms in total. The van der Waals surface area contributed by atoms with E-state index >= 15 is 0 Å². The Bertz CT molecular complexity index is 962. The van der Waals surface area contributed by atoms with Crippen LogP contribution in [0.15, 0.2) is 54.6 Å². The number of rotatable bonds is 7. The van der Waals surface area contributed by atoms with Crippen molar-refractivity contribution in [2.24, 2.45) is 23.3 Å². The highest BCUT2D eigenvalue weighted by Gasteiger charge is 2.32. The van der Waals surface area contributed by atoms with E-state index in [1.54, 1.807) is 29.2 Å². The van der Waals surface area contributed by atoms with Gasteiger partial charge in [0.1, 0.15) is 12.4 Å². The molecule has 0 bridgehead atoms. The quantitative estimate of drug-likeness (QED) is 0.458. The van der Waals surface area contributed by atoms with Gasteiger partial charge in [-0.15, -0.1) is 0 Å². The van der Waals surface area contributed by atoms with Crippen molar-refractivity contribution < 1.29 is 9.59 Å². The first kappa shape index (κ1) is 23.5. The molecule has 1 saturated carbocycles. The van der Waals surface area contributed by atoms with Crippen LogP contribution in [0.25, 0.3) is 0 Å². The summed E-state index contributed by atoms with van der Waals surface area (Å²) in [5.41, 5.74) is 13.0. The molecule has 3 unspecified atom stereocenters. The van der Waals surface area contributed by atoms with Gasteiger partial charge >= 0.3 is 0 Å². The van der Waals surface area contributed by atoms with Gasteiger partial charge in [0.2, 0.25) is 5.91 Å². The number of para-hydroxylation sites is 1. The van der Waals surface area contributed by atoms with Crippen molar-refractivity contribution in [1.82, 2.24) is 4.90 Å². The van der Waals surface area contributed by atoms with Crippen molar-refractivity contribution in [3.8, 4) is 0 Å². The second-order valence-corrected chi connectivity index (χ2v) is 8.67. The number of hydrogen-bond donors (Lipinski definition) is 3. The van der Waals surface area contributed by atoms with Crippen LogP contribution in [0.5, 0.6) is 0 Å². The molecule has 170 valence electrons. The molecular formula is C25H33N5O2. The maximum Gasteiger partial charge on any atom is 0.258 e. The molecule has 5 N–H and O–H groups in total. The second-order valence-electron chi connectivity index (χ2n) is 8.67. The Morgan fingerprint density at radius 1 is 1.06 bits per heavy atom. The van der Waals surface area contributed by atoms with Crippen molar-refractivity contribution in [3.05, 3.63) is 65.7 Å². The zero-order valence-corrected chi connectivity index (χ0v) is 18.8. The fourth-order valence-corrected chi connectivity index (χ4v) is 4.45. The Labute approximate surface area is 189 Å². The molecule has 2 aromatic carbocycles. The summed E-state index contributed by atoms with van der Waals surface area (Å²) in [6, 6.07) is 16.0. The molecule has 3 rings (SSSR count). The number of carbonyl (C=O) groups is 2. The summed E-state index contributed by atoms with van der Waals surface area (Å²) in [6.07, 6.45) is 2.86. The number of nitrogen functional groups attached to an aromatic ring is 1. The van der Waals surface area contributed by atoms with Gasteiger partial charge in [-0.2, -0.15) is 0 Å². The van der Waals surface area contributed by atoms with Gasteiger partial charge in [0.25, 0.3) is 5.91 Å².